The van der Waals surface area contributed by atoms with E-state index in [9.17, 15) is 34.5 Å². The van der Waals surface area contributed by atoms with Crippen molar-refractivity contribution in [2.24, 2.45) is 0 Å². The molecule has 0 spiro atoms. The second-order valence-electron chi connectivity index (χ2n) is 19.2. The summed E-state index contributed by atoms with van der Waals surface area (Å²) in [7, 11) is 0. The van der Waals surface area contributed by atoms with Crippen LogP contribution in [0.25, 0.3) is 0 Å². The molecule has 1 rings (SSSR count). The van der Waals surface area contributed by atoms with Crippen molar-refractivity contribution >= 4 is 23.9 Å². The van der Waals surface area contributed by atoms with Gasteiger partial charge in [-0.3, -0.25) is 14.4 Å². The monoisotopic (exact) mass is 1050 g/mol. The van der Waals surface area contributed by atoms with Crippen molar-refractivity contribution in [3.8, 4) is 0 Å². The molecule has 12 nitrogen and oxygen atoms in total. The molecule has 1 aliphatic heterocycles. The molecule has 0 bridgehead atoms. The first-order valence-corrected chi connectivity index (χ1v) is 28.9. The predicted molar refractivity (Wildman–Crippen MR) is 303 cm³/mol. The summed E-state index contributed by atoms with van der Waals surface area (Å²) in [6, 6.07) is 0. The van der Waals surface area contributed by atoms with E-state index < -0.39 is 67.3 Å². The van der Waals surface area contributed by atoms with Crippen molar-refractivity contribution in [3.63, 3.8) is 0 Å². The zero-order valence-corrected chi connectivity index (χ0v) is 46.5. The molecule has 0 amide bonds. The van der Waals surface area contributed by atoms with Gasteiger partial charge in [0.15, 0.2) is 24.6 Å². The Balaban J connectivity index is 2.74. The first-order chi connectivity index (χ1) is 36.6. The van der Waals surface area contributed by atoms with E-state index in [1.54, 1.807) is 0 Å². The molecule has 0 saturated carbocycles. The standard InChI is InChI=1S/C63H100O12/c1-4-7-10-13-16-19-22-25-26-27-28-29-30-33-34-37-40-43-46-49-55(64)71-52-54(73-56(65)50-47-44-41-38-35-31-23-20-17-14-11-8-5-2)53-72-63-61(59(68)58(67)60(75-63)62(69)70)74-57(66)51-48-45-42-39-36-32-24-21-18-15-12-9-6-3/h7,9-10,12,16,18-21,23,25-26,28-29,32,36,42,45,54,58-61,63,67-68H,4-6,8,11,13-15,17,22,24,27,30-31,33-35,37-41,43-44,46-53H2,1-3H3,(H,69,70)/b10-7-,12-9-,19-16-,21-18-,23-20-,26-25-,29-28-,36-32-,45-42-. The first kappa shape index (κ1) is 68.4. The van der Waals surface area contributed by atoms with Crippen LogP contribution in [-0.4, -0.2) is 89.2 Å². The van der Waals surface area contributed by atoms with Crippen LogP contribution >= 0.6 is 0 Å². The minimum Gasteiger partial charge on any atom is -0.479 e. The molecule has 6 unspecified atom stereocenters. The Hall–Kier alpha value is -4.62. The van der Waals surface area contributed by atoms with Gasteiger partial charge < -0.3 is 39.0 Å². The number of esters is 3. The summed E-state index contributed by atoms with van der Waals surface area (Å²) >= 11 is 0. The van der Waals surface area contributed by atoms with Gasteiger partial charge in [-0.2, -0.15) is 0 Å². The van der Waals surface area contributed by atoms with Gasteiger partial charge in [0, 0.05) is 19.3 Å². The fourth-order valence-corrected chi connectivity index (χ4v) is 7.95. The van der Waals surface area contributed by atoms with Gasteiger partial charge in [0.25, 0.3) is 0 Å². The third kappa shape index (κ3) is 40.3. The number of carbonyl (C=O) groups is 4. The zero-order valence-electron chi connectivity index (χ0n) is 46.5. The minimum atomic E-state index is -1.93. The summed E-state index contributed by atoms with van der Waals surface area (Å²) in [6.07, 6.45) is 55.1. The lowest BCUT2D eigenvalue weighted by Crippen LogP contribution is -2.61. The molecule has 0 aliphatic carbocycles. The molecule has 3 N–H and O–H groups in total. The number of allylic oxidation sites excluding steroid dienone is 18. The number of carboxylic acids is 1. The van der Waals surface area contributed by atoms with Crippen LogP contribution in [0.1, 0.15) is 213 Å². The summed E-state index contributed by atoms with van der Waals surface area (Å²) < 4.78 is 28.3. The molecule has 6 atom stereocenters. The van der Waals surface area contributed by atoms with Gasteiger partial charge in [0.1, 0.15) is 18.8 Å². The summed E-state index contributed by atoms with van der Waals surface area (Å²) in [5.41, 5.74) is 0. The van der Waals surface area contributed by atoms with Gasteiger partial charge >= 0.3 is 23.9 Å². The number of carbonyl (C=O) groups excluding carboxylic acids is 3. The summed E-state index contributed by atoms with van der Waals surface area (Å²) in [6.45, 7) is 5.67. The van der Waals surface area contributed by atoms with Crippen LogP contribution in [0.3, 0.4) is 0 Å². The third-order valence-corrected chi connectivity index (χ3v) is 12.3. The van der Waals surface area contributed by atoms with E-state index in [2.05, 4.69) is 112 Å². The lowest BCUT2D eigenvalue weighted by Gasteiger charge is -2.40. The Morgan fingerprint density at radius 3 is 1.35 bits per heavy atom. The molecular weight excluding hydrogens is 949 g/mol. The summed E-state index contributed by atoms with van der Waals surface area (Å²) in [5, 5.41) is 31.4. The van der Waals surface area contributed by atoms with E-state index in [1.165, 1.54) is 25.7 Å². The smallest absolute Gasteiger partial charge is 0.335 e. The van der Waals surface area contributed by atoms with Crippen LogP contribution in [0.15, 0.2) is 109 Å². The molecule has 0 radical (unpaired) electrons. The maximum absolute atomic E-state index is 13.1. The molecule has 424 valence electrons. The SMILES string of the molecule is CC/C=C\C/C=C\C/C=C\C/C=C\CCCCCCCCC(=O)OCC(COC1OC(C(=O)O)C(O)C(O)C1OC(=O)CC/C=C\C/C=C\C/C=C\C/C=C\CC)OC(=O)CCCCCCC/C=C\CCCCCC. The van der Waals surface area contributed by atoms with Crippen LogP contribution < -0.4 is 0 Å². The fourth-order valence-electron chi connectivity index (χ4n) is 7.95. The minimum absolute atomic E-state index is 0.0677. The second kappa shape index (κ2) is 50.2. The Bertz CT molecular complexity index is 1720. The number of rotatable bonds is 47. The van der Waals surface area contributed by atoms with Gasteiger partial charge in [0.05, 0.1) is 6.61 Å². The number of carboxylic acid groups (broad SMARTS) is 1. The van der Waals surface area contributed by atoms with Crippen molar-refractivity contribution in [1.29, 1.82) is 0 Å². The van der Waals surface area contributed by atoms with Crippen LogP contribution in [0.5, 0.6) is 0 Å². The topological polar surface area (TPSA) is 175 Å². The summed E-state index contributed by atoms with van der Waals surface area (Å²) in [5.74, 6) is -3.27. The number of unbranched alkanes of at least 4 members (excludes halogenated alkanes) is 15. The molecule has 0 aromatic heterocycles. The number of ether oxygens (including phenoxy) is 5. The van der Waals surface area contributed by atoms with Gasteiger partial charge in [-0.25, -0.2) is 4.79 Å². The maximum Gasteiger partial charge on any atom is 0.335 e. The van der Waals surface area contributed by atoms with Crippen LogP contribution in [0, 0.1) is 0 Å². The van der Waals surface area contributed by atoms with Gasteiger partial charge in [-0.15, -0.1) is 0 Å². The number of hydrogen-bond donors (Lipinski definition) is 3. The van der Waals surface area contributed by atoms with E-state index in [0.717, 1.165) is 122 Å². The van der Waals surface area contributed by atoms with Crippen LogP contribution in [0.2, 0.25) is 0 Å². The molecular formula is C63H100O12. The third-order valence-electron chi connectivity index (χ3n) is 12.3. The Morgan fingerprint density at radius 2 is 0.867 bits per heavy atom. The summed E-state index contributed by atoms with van der Waals surface area (Å²) in [4.78, 5) is 51.0. The molecule has 1 aliphatic rings. The van der Waals surface area contributed by atoms with Crippen LogP contribution in [-0.2, 0) is 42.9 Å². The quantitative estimate of drug-likeness (QED) is 0.0228. The molecule has 1 heterocycles. The second-order valence-corrected chi connectivity index (χ2v) is 19.2. The fraction of sp³-hybridized carbons (Fsp3) is 0.651. The highest BCUT2D eigenvalue weighted by atomic mass is 16.7. The van der Waals surface area contributed by atoms with Gasteiger partial charge in [0.2, 0.25) is 0 Å². The average Bonchev–Trinajstić information content (AvgIpc) is 3.39. The highest BCUT2D eigenvalue weighted by Crippen LogP contribution is 2.26. The number of aliphatic hydroxyl groups excluding tert-OH is 2. The molecule has 1 fully saturated rings. The van der Waals surface area contributed by atoms with Crippen molar-refractivity contribution < 1.29 is 58.2 Å². The van der Waals surface area contributed by atoms with Crippen molar-refractivity contribution in [2.45, 2.75) is 250 Å². The molecule has 75 heavy (non-hydrogen) atoms. The number of aliphatic carboxylic acids is 1. The van der Waals surface area contributed by atoms with E-state index in [0.29, 0.717) is 25.7 Å². The van der Waals surface area contributed by atoms with E-state index in [1.807, 2.05) is 18.2 Å². The lowest BCUT2D eigenvalue weighted by atomic mass is 9.98. The number of hydrogen-bond acceptors (Lipinski definition) is 11. The Labute approximate surface area is 453 Å². The highest BCUT2D eigenvalue weighted by molar-refractivity contribution is 5.74. The Kier molecular flexibility index (Phi) is 45.8. The average molecular weight is 1050 g/mol. The van der Waals surface area contributed by atoms with Crippen LogP contribution in [0.4, 0.5) is 0 Å². The largest absolute Gasteiger partial charge is 0.479 e. The maximum atomic E-state index is 13.1. The lowest BCUT2D eigenvalue weighted by molar-refractivity contribution is -0.301. The van der Waals surface area contributed by atoms with Crippen molar-refractivity contribution in [3.05, 3.63) is 109 Å². The van der Waals surface area contributed by atoms with Crippen molar-refractivity contribution in [2.75, 3.05) is 13.2 Å². The predicted octanol–water partition coefficient (Wildman–Crippen LogP) is 14.7. The van der Waals surface area contributed by atoms with E-state index in [4.69, 9.17) is 23.7 Å². The van der Waals surface area contributed by atoms with Gasteiger partial charge in [-0.05, 0) is 109 Å². The van der Waals surface area contributed by atoms with E-state index >= 15 is 0 Å². The normalized spacial score (nSPS) is 19.0. The molecule has 1 saturated heterocycles. The van der Waals surface area contributed by atoms with Crippen molar-refractivity contribution in [1.82, 2.24) is 0 Å². The molecule has 0 aromatic rings. The van der Waals surface area contributed by atoms with E-state index in [-0.39, 0.29) is 25.9 Å². The first-order valence-electron chi connectivity index (χ1n) is 28.9. The Morgan fingerprint density at radius 1 is 0.453 bits per heavy atom. The molecule has 12 heteroatoms. The van der Waals surface area contributed by atoms with Gasteiger partial charge in [-0.1, -0.05) is 194 Å². The zero-order chi connectivity index (χ0) is 54.7. The highest BCUT2D eigenvalue weighted by Gasteiger charge is 2.50. The number of aliphatic hydroxyl groups is 2. The molecule has 0 aromatic carbocycles.